The molecular weight excluding hydrogens is 348 g/mol. The van der Waals surface area contributed by atoms with Crippen molar-refractivity contribution in [3.05, 3.63) is 71.8 Å². The Hall–Kier alpha value is -2.17. The minimum atomic E-state index is -0.0351. The second kappa shape index (κ2) is 8.46. The van der Waals surface area contributed by atoms with E-state index < -0.39 is 0 Å². The normalized spacial score (nSPS) is 22.4. The summed E-state index contributed by atoms with van der Waals surface area (Å²) in [6.45, 7) is 5.78. The summed E-state index contributed by atoms with van der Waals surface area (Å²) in [6, 6.07) is 21.2. The van der Waals surface area contributed by atoms with Crippen molar-refractivity contribution < 1.29 is 9.53 Å². The van der Waals surface area contributed by atoms with Gasteiger partial charge < -0.3 is 4.74 Å². The van der Waals surface area contributed by atoms with E-state index in [4.69, 9.17) is 4.74 Å². The Morgan fingerprint density at radius 2 is 1.46 bits per heavy atom. The number of hydrogen-bond donors (Lipinski definition) is 0. The highest BCUT2D eigenvalue weighted by Gasteiger charge is 2.51. The smallest absolute Gasteiger partial charge is 0.310 e. The van der Waals surface area contributed by atoms with E-state index in [-0.39, 0.29) is 17.3 Å². The number of benzene rings is 2. The van der Waals surface area contributed by atoms with Crippen LogP contribution in [0.5, 0.6) is 0 Å². The van der Waals surface area contributed by atoms with Crippen LogP contribution >= 0.6 is 0 Å². The lowest BCUT2D eigenvalue weighted by Crippen LogP contribution is -2.46. The Morgan fingerprint density at radius 3 is 2.00 bits per heavy atom. The Bertz CT molecular complexity index is 770. The van der Waals surface area contributed by atoms with E-state index in [1.807, 2.05) is 0 Å². The molecule has 2 aliphatic rings. The van der Waals surface area contributed by atoms with E-state index in [0.717, 1.165) is 52.1 Å². The van der Waals surface area contributed by atoms with Crippen molar-refractivity contribution in [1.82, 2.24) is 9.80 Å². The number of likely N-dealkylation sites (tertiary alicyclic amines) is 2. The van der Waals surface area contributed by atoms with Crippen molar-refractivity contribution in [2.24, 2.45) is 11.3 Å². The molecule has 2 aromatic rings. The largest absolute Gasteiger partial charge is 0.469 e. The summed E-state index contributed by atoms with van der Waals surface area (Å²) in [5.74, 6) is -0.0489. The van der Waals surface area contributed by atoms with Gasteiger partial charge in [-0.05, 0) is 37.1 Å². The molecule has 4 nitrogen and oxygen atoms in total. The molecule has 0 aromatic heterocycles. The quantitative estimate of drug-likeness (QED) is 0.745. The van der Waals surface area contributed by atoms with Gasteiger partial charge >= 0.3 is 5.97 Å². The zero-order valence-electron chi connectivity index (χ0n) is 16.7. The van der Waals surface area contributed by atoms with Crippen LogP contribution in [-0.2, 0) is 22.6 Å². The fourth-order valence-corrected chi connectivity index (χ4v) is 5.01. The average molecular weight is 379 g/mol. The molecule has 2 aromatic carbocycles. The van der Waals surface area contributed by atoms with Gasteiger partial charge in [0.1, 0.15) is 0 Å². The number of nitrogens with zero attached hydrogens (tertiary/aromatic N) is 2. The number of hydrogen-bond acceptors (Lipinski definition) is 4. The molecule has 4 rings (SSSR count). The van der Waals surface area contributed by atoms with Crippen molar-refractivity contribution in [2.75, 3.05) is 33.3 Å². The molecule has 0 amide bonds. The molecule has 1 atom stereocenters. The first-order chi connectivity index (χ1) is 13.7. The fraction of sp³-hybridized carbons (Fsp3) is 0.458. The molecule has 0 radical (unpaired) electrons. The number of methoxy groups -OCH3 is 1. The van der Waals surface area contributed by atoms with Crippen LogP contribution in [0.15, 0.2) is 60.7 Å². The number of esters is 1. The standard InChI is InChI=1S/C24H30N2O2/c1-28-23(27)22-18-26(17-21-10-6-3-7-11-21)19-24(22)12-14-25(15-13-24)16-20-8-4-2-5-9-20/h2-11,22H,12-19H2,1H3. The van der Waals surface area contributed by atoms with Gasteiger partial charge in [-0.1, -0.05) is 60.7 Å². The van der Waals surface area contributed by atoms with Crippen LogP contribution in [0.2, 0.25) is 0 Å². The first kappa shape index (κ1) is 19.2. The highest BCUT2D eigenvalue weighted by atomic mass is 16.5. The van der Waals surface area contributed by atoms with Gasteiger partial charge in [0.2, 0.25) is 0 Å². The van der Waals surface area contributed by atoms with E-state index in [1.54, 1.807) is 0 Å². The molecule has 28 heavy (non-hydrogen) atoms. The van der Waals surface area contributed by atoms with Crippen molar-refractivity contribution in [2.45, 2.75) is 25.9 Å². The van der Waals surface area contributed by atoms with Crippen LogP contribution < -0.4 is 0 Å². The van der Waals surface area contributed by atoms with Crippen molar-refractivity contribution in [3.8, 4) is 0 Å². The zero-order chi connectivity index (χ0) is 19.4. The first-order valence-corrected chi connectivity index (χ1v) is 10.3. The van der Waals surface area contributed by atoms with Crippen molar-refractivity contribution in [3.63, 3.8) is 0 Å². The molecule has 0 N–H and O–H groups in total. The van der Waals surface area contributed by atoms with Crippen molar-refractivity contribution >= 4 is 5.97 Å². The van der Waals surface area contributed by atoms with Crippen LogP contribution in [0.3, 0.4) is 0 Å². The highest BCUT2D eigenvalue weighted by molar-refractivity contribution is 5.74. The third kappa shape index (κ3) is 4.13. The summed E-state index contributed by atoms with van der Waals surface area (Å²) in [7, 11) is 1.53. The summed E-state index contributed by atoms with van der Waals surface area (Å²) in [5, 5.41) is 0. The van der Waals surface area contributed by atoms with Gasteiger partial charge in [0.15, 0.2) is 0 Å². The molecule has 148 valence electrons. The molecule has 2 aliphatic heterocycles. The lowest BCUT2D eigenvalue weighted by atomic mass is 9.70. The lowest BCUT2D eigenvalue weighted by molar-refractivity contribution is -0.149. The predicted molar refractivity (Wildman–Crippen MR) is 111 cm³/mol. The van der Waals surface area contributed by atoms with E-state index in [2.05, 4.69) is 70.5 Å². The van der Waals surface area contributed by atoms with E-state index in [1.165, 1.54) is 18.2 Å². The van der Waals surface area contributed by atoms with Gasteiger partial charge in [-0.3, -0.25) is 14.6 Å². The maximum Gasteiger partial charge on any atom is 0.310 e. The average Bonchev–Trinajstić information content (AvgIpc) is 3.08. The SMILES string of the molecule is COC(=O)C1CN(Cc2ccccc2)CC12CCN(Cc1ccccc1)CC2. The van der Waals surface area contributed by atoms with Crippen LogP contribution in [0, 0.1) is 11.3 Å². The third-order valence-corrected chi connectivity index (χ3v) is 6.55. The Labute approximate surface area is 168 Å². The summed E-state index contributed by atoms with van der Waals surface area (Å²) in [6.07, 6.45) is 2.12. The maximum atomic E-state index is 12.6. The van der Waals surface area contributed by atoms with E-state index in [9.17, 15) is 4.79 Å². The molecule has 1 spiro atoms. The monoisotopic (exact) mass is 378 g/mol. The van der Waals surface area contributed by atoms with Crippen LogP contribution in [0.4, 0.5) is 0 Å². The van der Waals surface area contributed by atoms with Crippen LogP contribution in [0.1, 0.15) is 24.0 Å². The molecule has 2 saturated heterocycles. The zero-order valence-corrected chi connectivity index (χ0v) is 16.7. The van der Waals surface area contributed by atoms with Gasteiger partial charge in [0.05, 0.1) is 13.0 Å². The molecule has 1 unspecified atom stereocenters. The second-order valence-electron chi connectivity index (χ2n) is 8.36. The van der Waals surface area contributed by atoms with E-state index in [0.29, 0.717) is 0 Å². The summed E-state index contributed by atoms with van der Waals surface area (Å²) in [4.78, 5) is 17.6. The summed E-state index contributed by atoms with van der Waals surface area (Å²) in [5.41, 5.74) is 2.72. The van der Waals surface area contributed by atoms with Gasteiger partial charge in [-0.2, -0.15) is 0 Å². The minimum Gasteiger partial charge on any atom is -0.469 e. The summed E-state index contributed by atoms with van der Waals surface area (Å²) >= 11 is 0. The minimum absolute atomic E-state index is 0.0138. The predicted octanol–water partition coefficient (Wildman–Crippen LogP) is 3.57. The Balaban J connectivity index is 1.43. The van der Waals surface area contributed by atoms with Crippen molar-refractivity contribution in [1.29, 1.82) is 0 Å². The Kier molecular flexibility index (Phi) is 5.79. The molecule has 0 saturated carbocycles. The maximum absolute atomic E-state index is 12.6. The van der Waals surface area contributed by atoms with Gasteiger partial charge in [-0.25, -0.2) is 0 Å². The number of rotatable bonds is 5. The van der Waals surface area contributed by atoms with E-state index >= 15 is 0 Å². The fourth-order valence-electron chi connectivity index (χ4n) is 5.01. The number of carbonyl (C=O) groups excluding carboxylic acids is 1. The van der Waals surface area contributed by atoms with Crippen LogP contribution in [0.25, 0.3) is 0 Å². The van der Waals surface area contributed by atoms with Crippen LogP contribution in [-0.4, -0.2) is 49.1 Å². The molecular formula is C24H30N2O2. The lowest BCUT2D eigenvalue weighted by Gasteiger charge is -2.42. The highest BCUT2D eigenvalue weighted by Crippen LogP contribution is 2.45. The first-order valence-electron chi connectivity index (χ1n) is 10.3. The van der Waals surface area contributed by atoms with Gasteiger partial charge in [0.25, 0.3) is 0 Å². The van der Waals surface area contributed by atoms with Gasteiger partial charge in [0, 0.05) is 31.6 Å². The summed E-state index contributed by atoms with van der Waals surface area (Å²) < 4.78 is 5.20. The molecule has 2 heterocycles. The number of ether oxygens (including phenoxy) is 1. The number of carbonyl (C=O) groups is 1. The topological polar surface area (TPSA) is 32.8 Å². The number of piperidine rings is 1. The molecule has 0 aliphatic carbocycles. The molecule has 4 heteroatoms. The second-order valence-corrected chi connectivity index (χ2v) is 8.36. The third-order valence-electron chi connectivity index (χ3n) is 6.55. The molecule has 2 fully saturated rings. The van der Waals surface area contributed by atoms with Gasteiger partial charge in [-0.15, -0.1) is 0 Å². The Morgan fingerprint density at radius 1 is 0.929 bits per heavy atom. The molecule has 0 bridgehead atoms.